The number of carbonyl (C=O) groups excluding carboxylic acids is 1. The fraction of sp³-hybridized carbons (Fsp3) is 0.424. The first-order valence-corrected chi connectivity index (χ1v) is 14.9. The van der Waals surface area contributed by atoms with Crippen molar-refractivity contribution in [2.24, 2.45) is 0 Å². The third kappa shape index (κ3) is 5.67. The highest BCUT2D eigenvalue weighted by Gasteiger charge is 2.32. The van der Waals surface area contributed by atoms with Crippen LogP contribution in [0.15, 0.2) is 42.5 Å². The smallest absolute Gasteiger partial charge is 0.306 e. The van der Waals surface area contributed by atoms with Crippen LogP contribution < -0.4 is 14.2 Å². The first-order valence-electron chi connectivity index (χ1n) is 13.7. The van der Waals surface area contributed by atoms with E-state index in [0.29, 0.717) is 36.7 Å². The summed E-state index contributed by atoms with van der Waals surface area (Å²) < 4.78 is 38.5. The molecule has 3 aromatic carbocycles. The highest BCUT2D eigenvalue weighted by atomic mass is 32.2. The zero-order valence-corrected chi connectivity index (χ0v) is 24.9. The SMILES string of the molecule is COC(=O)C[C@@H]1COc2cc(O[C@@H]3CCc4c(-c5c(C)cc(OCC(C)(C)SC)cc5C)ccc(F)c43)ccc21. The largest absolute Gasteiger partial charge is 0.492 e. The van der Waals surface area contributed by atoms with Crippen molar-refractivity contribution in [1.82, 2.24) is 0 Å². The van der Waals surface area contributed by atoms with Gasteiger partial charge in [-0.15, -0.1) is 0 Å². The summed E-state index contributed by atoms with van der Waals surface area (Å²) in [6.45, 7) is 9.57. The predicted molar refractivity (Wildman–Crippen MR) is 157 cm³/mol. The molecule has 212 valence electrons. The summed E-state index contributed by atoms with van der Waals surface area (Å²) in [5.41, 5.74) is 6.98. The van der Waals surface area contributed by atoms with Crippen molar-refractivity contribution in [3.05, 3.63) is 76.1 Å². The number of thioether (sulfide) groups is 1. The van der Waals surface area contributed by atoms with Gasteiger partial charge in [0.25, 0.3) is 0 Å². The molecule has 0 amide bonds. The van der Waals surface area contributed by atoms with Crippen LogP contribution in [-0.2, 0) is 16.0 Å². The molecule has 0 bridgehead atoms. The maximum absolute atomic E-state index is 15.3. The fourth-order valence-electron chi connectivity index (χ4n) is 5.72. The molecular weight excluding hydrogens is 527 g/mol. The Morgan fingerprint density at radius 2 is 1.85 bits per heavy atom. The van der Waals surface area contributed by atoms with Gasteiger partial charge in [0.2, 0.25) is 0 Å². The standard InChI is InChI=1S/C33H37FO5S/c1-19-13-23(38-18-33(3,4)40-6)14-20(2)31(19)25-9-11-27(34)32-26(25)10-12-28(32)39-22-7-8-24-21(15-30(35)36-5)17-37-29(24)16-22/h7-9,11,13-14,16,21,28H,10,12,15,17-18H2,1-6H3/t21-,28-/m1/s1. The number of hydrogen-bond acceptors (Lipinski definition) is 6. The minimum absolute atomic E-state index is 0.0307. The number of rotatable bonds is 9. The maximum Gasteiger partial charge on any atom is 0.306 e. The summed E-state index contributed by atoms with van der Waals surface area (Å²) in [5, 5.41) is 0. The molecule has 0 radical (unpaired) electrons. The molecule has 2 aliphatic rings. The van der Waals surface area contributed by atoms with Gasteiger partial charge >= 0.3 is 5.97 Å². The zero-order chi connectivity index (χ0) is 28.6. The second-order valence-corrected chi connectivity index (χ2v) is 12.8. The number of fused-ring (bicyclic) bond motifs is 2. The molecule has 3 aromatic rings. The lowest BCUT2D eigenvalue weighted by Crippen LogP contribution is -2.24. The summed E-state index contributed by atoms with van der Waals surface area (Å²) >= 11 is 1.78. The van der Waals surface area contributed by atoms with E-state index >= 15 is 4.39 Å². The Bertz CT molecular complexity index is 1410. The van der Waals surface area contributed by atoms with Gasteiger partial charge < -0.3 is 18.9 Å². The van der Waals surface area contributed by atoms with Crippen LogP contribution >= 0.6 is 11.8 Å². The minimum Gasteiger partial charge on any atom is -0.492 e. The average Bonchev–Trinajstić information content (AvgIpc) is 3.53. The Kier molecular flexibility index (Phi) is 8.05. The van der Waals surface area contributed by atoms with Gasteiger partial charge in [-0.05, 0) is 98.9 Å². The Morgan fingerprint density at radius 1 is 1.10 bits per heavy atom. The van der Waals surface area contributed by atoms with Gasteiger partial charge in [-0.1, -0.05) is 12.1 Å². The number of benzene rings is 3. The topological polar surface area (TPSA) is 54.0 Å². The second-order valence-electron chi connectivity index (χ2n) is 11.3. The van der Waals surface area contributed by atoms with Crippen molar-refractivity contribution in [1.29, 1.82) is 0 Å². The van der Waals surface area contributed by atoms with Gasteiger partial charge in [0, 0.05) is 27.9 Å². The third-order valence-corrected chi connectivity index (χ3v) is 9.20. The molecule has 0 fully saturated rings. The van der Waals surface area contributed by atoms with Crippen LogP contribution in [0.25, 0.3) is 11.1 Å². The van der Waals surface area contributed by atoms with Crippen molar-refractivity contribution >= 4 is 17.7 Å². The average molecular weight is 565 g/mol. The summed E-state index contributed by atoms with van der Waals surface area (Å²) in [4.78, 5) is 11.7. The van der Waals surface area contributed by atoms with E-state index in [0.717, 1.165) is 45.6 Å². The van der Waals surface area contributed by atoms with Crippen LogP contribution in [0, 0.1) is 19.7 Å². The van der Waals surface area contributed by atoms with E-state index in [1.807, 2.05) is 24.3 Å². The fourth-order valence-corrected chi connectivity index (χ4v) is 5.90. The second kappa shape index (κ2) is 11.4. The molecule has 0 aromatic heterocycles. The molecule has 5 rings (SSSR count). The number of esters is 1. The summed E-state index contributed by atoms with van der Waals surface area (Å²) in [6.07, 6.45) is 3.40. The molecule has 1 heterocycles. The van der Waals surface area contributed by atoms with Gasteiger partial charge in [0.05, 0.1) is 20.1 Å². The maximum atomic E-state index is 15.3. The number of halogens is 1. The molecule has 0 saturated carbocycles. The van der Waals surface area contributed by atoms with Gasteiger partial charge in [0.15, 0.2) is 0 Å². The minimum atomic E-state index is -0.391. The third-order valence-electron chi connectivity index (χ3n) is 7.98. The van der Waals surface area contributed by atoms with Crippen LogP contribution in [0.3, 0.4) is 0 Å². The van der Waals surface area contributed by atoms with E-state index in [1.54, 1.807) is 17.8 Å². The Labute approximate surface area is 240 Å². The van der Waals surface area contributed by atoms with Crippen molar-refractivity contribution in [2.45, 2.75) is 63.7 Å². The highest BCUT2D eigenvalue weighted by molar-refractivity contribution is 7.99. The van der Waals surface area contributed by atoms with E-state index in [1.165, 1.54) is 7.11 Å². The lowest BCUT2D eigenvalue weighted by atomic mass is 9.90. The van der Waals surface area contributed by atoms with Gasteiger partial charge in [0.1, 0.15) is 35.8 Å². The Balaban J connectivity index is 1.39. The van der Waals surface area contributed by atoms with Crippen LogP contribution in [0.4, 0.5) is 4.39 Å². The first kappa shape index (κ1) is 28.3. The lowest BCUT2D eigenvalue weighted by molar-refractivity contribution is -0.141. The number of methoxy groups -OCH3 is 1. The van der Waals surface area contributed by atoms with Crippen LogP contribution in [0.5, 0.6) is 17.2 Å². The number of ether oxygens (including phenoxy) is 4. The van der Waals surface area contributed by atoms with E-state index < -0.39 is 6.10 Å². The number of aryl methyl sites for hydroxylation is 2. The van der Waals surface area contributed by atoms with Gasteiger partial charge in [-0.25, -0.2) is 4.39 Å². The molecule has 2 atom stereocenters. The van der Waals surface area contributed by atoms with Crippen LogP contribution in [0.1, 0.15) is 66.5 Å². The molecule has 40 heavy (non-hydrogen) atoms. The molecule has 0 saturated heterocycles. The molecule has 0 unspecified atom stereocenters. The molecule has 1 aliphatic carbocycles. The molecule has 0 N–H and O–H groups in total. The van der Waals surface area contributed by atoms with E-state index in [4.69, 9.17) is 18.9 Å². The van der Waals surface area contributed by atoms with Crippen LogP contribution in [0.2, 0.25) is 0 Å². The summed E-state index contributed by atoms with van der Waals surface area (Å²) in [7, 11) is 1.39. The van der Waals surface area contributed by atoms with Crippen molar-refractivity contribution in [3.63, 3.8) is 0 Å². The lowest BCUT2D eigenvalue weighted by Gasteiger charge is -2.23. The van der Waals surface area contributed by atoms with Crippen molar-refractivity contribution in [3.8, 4) is 28.4 Å². The van der Waals surface area contributed by atoms with Crippen LogP contribution in [-0.4, -0.2) is 37.3 Å². The van der Waals surface area contributed by atoms with E-state index in [2.05, 4.69) is 46.1 Å². The van der Waals surface area contributed by atoms with Crippen molar-refractivity contribution in [2.75, 3.05) is 26.6 Å². The monoisotopic (exact) mass is 564 g/mol. The Morgan fingerprint density at radius 3 is 2.55 bits per heavy atom. The molecular formula is C33H37FO5S. The van der Waals surface area contributed by atoms with Crippen molar-refractivity contribution < 1.29 is 28.1 Å². The summed E-state index contributed by atoms with van der Waals surface area (Å²) in [6, 6.07) is 13.3. The predicted octanol–water partition coefficient (Wildman–Crippen LogP) is 7.74. The van der Waals surface area contributed by atoms with E-state index in [-0.39, 0.29) is 28.9 Å². The molecule has 1 aliphatic heterocycles. The van der Waals surface area contributed by atoms with Gasteiger partial charge in [-0.2, -0.15) is 11.8 Å². The normalized spacial score (nSPS) is 17.7. The highest BCUT2D eigenvalue weighted by Crippen LogP contribution is 2.45. The van der Waals surface area contributed by atoms with Gasteiger partial charge in [-0.3, -0.25) is 4.79 Å². The quantitative estimate of drug-likeness (QED) is 0.248. The Hall–Kier alpha value is -3.19. The molecule has 0 spiro atoms. The number of hydrogen-bond donors (Lipinski definition) is 0. The summed E-state index contributed by atoms with van der Waals surface area (Å²) in [5.74, 6) is 1.64. The molecule has 5 nitrogen and oxygen atoms in total. The molecule has 7 heteroatoms. The van der Waals surface area contributed by atoms with E-state index in [9.17, 15) is 4.79 Å². The first-order chi connectivity index (χ1) is 19.1. The zero-order valence-electron chi connectivity index (χ0n) is 24.1. The number of carbonyl (C=O) groups is 1.